The van der Waals surface area contributed by atoms with Gasteiger partial charge in [-0.05, 0) is 52.0 Å². The van der Waals surface area contributed by atoms with Crippen LogP contribution in [-0.2, 0) is 6.42 Å². The summed E-state index contributed by atoms with van der Waals surface area (Å²) in [7, 11) is 0. The first-order chi connectivity index (χ1) is 8.11. The van der Waals surface area contributed by atoms with Crippen molar-refractivity contribution in [3.63, 3.8) is 0 Å². The van der Waals surface area contributed by atoms with Crippen LogP contribution in [0.3, 0.4) is 0 Å². The first-order valence-electron chi connectivity index (χ1n) is 5.60. The lowest BCUT2D eigenvalue weighted by Gasteiger charge is -2.08. The fourth-order valence-corrected chi connectivity index (χ4v) is 3.99. The highest BCUT2D eigenvalue weighted by atomic mass is 79.9. The van der Waals surface area contributed by atoms with Crippen molar-refractivity contribution < 1.29 is 0 Å². The highest BCUT2D eigenvalue weighted by Crippen LogP contribution is 2.39. The highest BCUT2D eigenvalue weighted by molar-refractivity contribution is 9.11. The van der Waals surface area contributed by atoms with Crippen molar-refractivity contribution in [1.29, 1.82) is 0 Å². The second-order valence-corrected chi connectivity index (χ2v) is 7.38. The number of hydrogen-bond donors (Lipinski definition) is 0. The van der Waals surface area contributed by atoms with Crippen LogP contribution < -0.4 is 0 Å². The summed E-state index contributed by atoms with van der Waals surface area (Å²) in [6, 6.07) is 11.1. The van der Waals surface area contributed by atoms with Crippen LogP contribution in [0, 0.1) is 6.92 Å². The largest absolute Gasteiger partial charge is 0.131 e. The lowest BCUT2D eigenvalue weighted by molar-refractivity contribution is 1.12. The minimum absolute atomic E-state index is 0.295. The Hall–Kier alpha value is -0.120. The van der Waals surface area contributed by atoms with Gasteiger partial charge < -0.3 is 0 Å². The fraction of sp³-hybridized carbons (Fsp3) is 0.286. The molecule has 2 rings (SSSR count). The Labute approximate surface area is 123 Å². The molecule has 0 N–H and O–H groups in total. The molecular weight excluding hydrogens is 360 g/mol. The second kappa shape index (κ2) is 5.68. The Morgan fingerprint density at radius 2 is 1.88 bits per heavy atom. The quantitative estimate of drug-likeness (QED) is 0.590. The van der Waals surface area contributed by atoms with E-state index in [9.17, 15) is 0 Å². The molecule has 1 unspecified atom stereocenters. The molecule has 1 atom stereocenters. The third-order valence-electron chi connectivity index (χ3n) is 2.81. The van der Waals surface area contributed by atoms with E-state index >= 15 is 0 Å². The van der Waals surface area contributed by atoms with E-state index in [1.165, 1.54) is 25.4 Å². The molecule has 0 aliphatic carbocycles. The molecule has 17 heavy (non-hydrogen) atoms. The maximum absolute atomic E-state index is 3.78. The van der Waals surface area contributed by atoms with Gasteiger partial charge in [0.25, 0.3) is 0 Å². The SMILES string of the molecule is CCc1ccc(C(Br)c2cc(C)c(Br)s2)cc1. The van der Waals surface area contributed by atoms with Crippen LogP contribution in [0.15, 0.2) is 34.1 Å². The summed E-state index contributed by atoms with van der Waals surface area (Å²) in [6.45, 7) is 4.31. The van der Waals surface area contributed by atoms with E-state index < -0.39 is 0 Å². The summed E-state index contributed by atoms with van der Waals surface area (Å²) in [5.41, 5.74) is 4.01. The molecule has 1 aromatic carbocycles. The molecule has 0 nitrogen and oxygen atoms in total. The zero-order valence-corrected chi connectivity index (χ0v) is 13.8. The van der Waals surface area contributed by atoms with Crippen LogP contribution in [0.5, 0.6) is 0 Å². The molecule has 0 bridgehead atoms. The molecule has 90 valence electrons. The van der Waals surface area contributed by atoms with E-state index in [1.807, 2.05) is 0 Å². The molecule has 1 heterocycles. The Kier molecular flexibility index (Phi) is 4.45. The van der Waals surface area contributed by atoms with Crippen molar-refractivity contribution in [1.82, 2.24) is 0 Å². The van der Waals surface area contributed by atoms with Gasteiger partial charge in [0.05, 0.1) is 8.61 Å². The maximum atomic E-state index is 3.78. The van der Waals surface area contributed by atoms with Gasteiger partial charge in [-0.25, -0.2) is 0 Å². The normalized spacial score (nSPS) is 12.7. The number of aryl methyl sites for hydroxylation is 2. The van der Waals surface area contributed by atoms with Crippen molar-refractivity contribution in [2.24, 2.45) is 0 Å². The second-order valence-electron chi connectivity index (χ2n) is 4.06. The maximum Gasteiger partial charge on any atom is 0.0738 e. The van der Waals surface area contributed by atoms with Crippen molar-refractivity contribution in [3.05, 3.63) is 55.7 Å². The summed E-state index contributed by atoms with van der Waals surface area (Å²) in [6.07, 6.45) is 1.09. The van der Waals surface area contributed by atoms with Crippen LogP contribution >= 0.6 is 43.2 Å². The first-order valence-corrected chi connectivity index (χ1v) is 8.13. The van der Waals surface area contributed by atoms with E-state index in [4.69, 9.17) is 0 Å². The lowest BCUT2D eigenvalue weighted by atomic mass is 10.1. The average Bonchev–Trinajstić information content (AvgIpc) is 2.69. The molecule has 1 aromatic heterocycles. The summed E-state index contributed by atoms with van der Waals surface area (Å²) in [4.78, 5) is 1.64. The molecule has 3 heteroatoms. The summed E-state index contributed by atoms with van der Waals surface area (Å²) in [5.74, 6) is 0. The molecular formula is C14H14Br2S. The molecule has 0 saturated heterocycles. The van der Waals surface area contributed by atoms with Crippen molar-refractivity contribution in [2.45, 2.75) is 25.1 Å². The standard InChI is InChI=1S/C14H14Br2S/c1-3-10-4-6-11(7-5-10)13(15)12-8-9(2)14(16)17-12/h4-8,13H,3H2,1-2H3. The summed E-state index contributed by atoms with van der Waals surface area (Å²) in [5, 5.41) is 0. The predicted molar refractivity (Wildman–Crippen MR) is 83.3 cm³/mol. The molecule has 0 amide bonds. The Morgan fingerprint density at radius 3 is 2.35 bits per heavy atom. The molecule has 0 radical (unpaired) electrons. The number of halogens is 2. The fourth-order valence-electron chi connectivity index (χ4n) is 1.70. The smallest absolute Gasteiger partial charge is 0.0738 e. The van der Waals surface area contributed by atoms with Gasteiger partial charge in [0, 0.05) is 4.88 Å². The molecule has 0 fully saturated rings. The topological polar surface area (TPSA) is 0 Å². The number of alkyl halides is 1. The van der Waals surface area contributed by atoms with Crippen molar-refractivity contribution >= 4 is 43.2 Å². The number of rotatable bonds is 3. The Morgan fingerprint density at radius 1 is 1.24 bits per heavy atom. The van der Waals surface area contributed by atoms with E-state index in [0.717, 1.165) is 6.42 Å². The van der Waals surface area contributed by atoms with Gasteiger partial charge >= 0.3 is 0 Å². The van der Waals surface area contributed by atoms with Gasteiger partial charge in [-0.1, -0.05) is 47.1 Å². The van der Waals surface area contributed by atoms with Gasteiger partial charge in [-0.3, -0.25) is 0 Å². The first kappa shape index (κ1) is 13.3. The van der Waals surface area contributed by atoms with Crippen LogP contribution in [0.25, 0.3) is 0 Å². The third-order valence-corrected chi connectivity index (χ3v) is 6.33. The van der Waals surface area contributed by atoms with Gasteiger partial charge in [-0.2, -0.15) is 0 Å². The highest BCUT2D eigenvalue weighted by Gasteiger charge is 2.14. The predicted octanol–water partition coefficient (Wildman–Crippen LogP) is 5.87. The molecule has 2 aromatic rings. The zero-order chi connectivity index (χ0) is 12.4. The van der Waals surface area contributed by atoms with Crippen LogP contribution in [0.1, 0.15) is 33.3 Å². The Balaban J connectivity index is 2.26. The number of thiophene rings is 1. The third kappa shape index (κ3) is 3.01. The lowest BCUT2D eigenvalue weighted by Crippen LogP contribution is -1.90. The van der Waals surface area contributed by atoms with E-state index in [1.54, 1.807) is 11.3 Å². The molecule has 0 spiro atoms. The van der Waals surface area contributed by atoms with E-state index in [0.29, 0.717) is 4.83 Å². The van der Waals surface area contributed by atoms with Crippen molar-refractivity contribution in [3.8, 4) is 0 Å². The van der Waals surface area contributed by atoms with Crippen LogP contribution in [-0.4, -0.2) is 0 Å². The average molecular weight is 374 g/mol. The van der Waals surface area contributed by atoms with Gasteiger partial charge in [0.15, 0.2) is 0 Å². The molecule has 0 aliphatic heterocycles. The Bertz CT molecular complexity index is 480. The minimum atomic E-state index is 0.295. The monoisotopic (exact) mass is 372 g/mol. The number of benzene rings is 1. The number of hydrogen-bond acceptors (Lipinski definition) is 1. The minimum Gasteiger partial charge on any atom is -0.131 e. The van der Waals surface area contributed by atoms with Gasteiger partial charge in [0.1, 0.15) is 0 Å². The van der Waals surface area contributed by atoms with Crippen molar-refractivity contribution in [2.75, 3.05) is 0 Å². The summed E-state index contributed by atoms with van der Waals surface area (Å²) < 4.78 is 1.22. The van der Waals surface area contributed by atoms with E-state index in [-0.39, 0.29) is 0 Å². The van der Waals surface area contributed by atoms with Crippen LogP contribution in [0.2, 0.25) is 0 Å². The summed E-state index contributed by atoms with van der Waals surface area (Å²) >= 11 is 9.15. The molecule has 0 saturated carbocycles. The van der Waals surface area contributed by atoms with Crippen LogP contribution in [0.4, 0.5) is 0 Å². The van der Waals surface area contributed by atoms with Gasteiger partial charge in [-0.15, -0.1) is 11.3 Å². The van der Waals surface area contributed by atoms with Gasteiger partial charge in [0.2, 0.25) is 0 Å². The molecule has 0 aliphatic rings. The zero-order valence-electron chi connectivity index (χ0n) is 9.84. The van der Waals surface area contributed by atoms with E-state index in [2.05, 4.69) is 76.0 Å².